The van der Waals surface area contributed by atoms with Crippen LogP contribution < -0.4 is 4.74 Å². The summed E-state index contributed by atoms with van der Waals surface area (Å²) < 4.78 is 8.21. The minimum atomic E-state index is 0.242. The number of nitrogens with zero attached hydrogens (tertiary/aromatic N) is 4. The zero-order chi connectivity index (χ0) is 17.1. The van der Waals surface area contributed by atoms with Crippen molar-refractivity contribution in [2.24, 2.45) is 0 Å². The maximum Gasteiger partial charge on any atom is 0.136 e. The van der Waals surface area contributed by atoms with Crippen LogP contribution in [0, 0.1) is 11.3 Å². The summed E-state index contributed by atoms with van der Waals surface area (Å²) in [5, 5.41) is 8.85. The fraction of sp³-hybridized carbons (Fsp3) is 0.300. The van der Waals surface area contributed by atoms with Crippen molar-refractivity contribution < 1.29 is 4.74 Å². The Morgan fingerprint density at radius 1 is 1.12 bits per heavy atom. The molecule has 126 valence electrons. The van der Waals surface area contributed by atoms with Crippen molar-refractivity contribution in [3.63, 3.8) is 0 Å². The number of hydrogen-bond acceptors (Lipinski definition) is 4. The first kappa shape index (κ1) is 15.7. The molecule has 3 heterocycles. The molecule has 1 aromatic carbocycles. The van der Waals surface area contributed by atoms with E-state index in [9.17, 15) is 0 Å². The average molecular weight is 332 g/mol. The first-order valence-electron chi connectivity index (χ1n) is 8.62. The van der Waals surface area contributed by atoms with E-state index in [-0.39, 0.29) is 6.10 Å². The lowest BCUT2D eigenvalue weighted by Gasteiger charge is -2.32. The van der Waals surface area contributed by atoms with Crippen LogP contribution in [0.3, 0.4) is 0 Å². The maximum atomic E-state index is 8.85. The summed E-state index contributed by atoms with van der Waals surface area (Å²) in [4.78, 5) is 6.91. The van der Waals surface area contributed by atoms with E-state index in [1.54, 1.807) is 12.1 Å². The van der Waals surface area contributed by atoms with Gasteiger partial charge in [0.2, 0.25) is 0 Å². The van der Waals surface area contributed by atoms with E-state index in [1.807, 2.05) is 36.5 Å². The number of fused-ring (bicyclic) bond motifs is 1. The summed E-state index contributed by atoms with van der Waals surface area (Å²) in [5.41, 5.74) is 2.88. The van der Waals surface area contributed by atoms with Gasteiger partial charge in [-0.15, -0.1) is 0 Å². The van der Waals surface area contributed by atoms with Crippen molar-refractivity contribution in [3.8, 4) is 11.8 Å². The average Bonchev–Trinajstić information content (AvgIpc) is 3.07. The number of pyridine rings is 1. The number of nitriles is 1. The van der Waals surface area contributed by atoms with E-state index in [0.717, 1.165) is 43.9 Å². The smallest absolute Gasteiger partial charge is 0.136 e. The molecule has 1 aliphatic heterocycles. The summed E-state index contributed by atoms with van der Waals surface area (Å²) in [6.45, 7) is 2.94. The van der Waals surface area contributed by atoms with Crippen molar-refractivity contribution in [1.82, 2.24) is 14.3 Å². The van der Waals surface area contributed by atoms with Crippen LogP contribution in [0.2, 0.25) is 0 Å². The zero-order valence-electron chi connectivity index (χ0n) is 14.0. The molecule has 0 atom stereocenters. The molecule has 0 unspecified atom stereocenters. The molecule has 1 saturated heterocycles. The molecule has 4 rings (SSSR count). The third-order valence-corrected chi connectivity index (χ3v) is 4.70. The van der Waals surface area contributed by atoms with Gasteiger partial charge in [0, 0.05) is 25.8 Å². The van der Waals surface area contributed by atoms with E-state index in [2.05, 4.69) is 26.6 Å². The van der Waals surface area contributed by atoms with Gasteiger partial charge < -0.3 is 9.14 Å². The molecular weight excluding hydrogens is 312 g/mol. The van der Waals surface area contributed by atoms with Crippen molar-refractivity contribution in [1.29, 1.82) is 5.26 Å². The number of piperidine rings is 1. The molecule has 0 bridgehead atoms. The maximum absolute atomic E-state index is 8.85. The van der Waals surface area contributed by atoms with Crippen LogP contribution in [0.4, 0.5) is 0 Å². The fourth-order valence-electron chi connectivity index (χ4n) is 3.32. The first-order valence-corrected chi connectivity index (χ1v) is 8.62. The second kappa shape index (κ2) is 6.96. The molecule has 2 aromatic heterocycles. The molecule has 0 amide bonds. The summed E-state index contributed by atoms with van der Waals surface area (Å²) >= 11 is 0. The van der Waals surface area contributed by atoms with E-state index >= 15 is 0 Å². The molecule has 3 aromatic rings. The third kappa shape index (κ3) is 3.49. The number of likely N-dealkylation sites (tertiary alicyclic amines) is 1. The van der Waals surface area contributed by atoms with Gasteiger partial charge in [-0.1, -0.05) is 6.07 Å². The Balaban J connectivity index is 1.33. The lowest BCUT2D eigenvalue weighted by atomic mass is 10.1. The van der Waals surface area contributed by atoms with Crippen LogP contribution >= 0.6 is 0 Å². The van der Waals surface area contributed by atoms with Crippen molar-refractivity contribution in [3.05, 3.63) is 66.1 Å². The van der Waals surface area contributed by atoms with Crippen molar-refractivity contribution in [2.75, 3.05) is 13.1 Å². The molecule has 1 aliphatic rings. The van der Waals surface area contributed by atoms with Gasteiger partial charge in [0.25, 0.3) is 0 Å². The summed E-state index contributed by atoms with van der Waals surface area (Å²) in [7, 11) is 0. The number of hydrogen-bond donors (Lipinski definition) is 0. The normalized spacial score (nSPS) is 16.0. The standard InChI is InChI=1S/C20H20N4O/c21-13-16-4-6-18(7-5-16)25-19-8-11-23(12-9-19)15-17-14-22-20-3-1-2-10-24(17)20/h1-7,10,14,19H,8-9,11-12,15H2. The lowest BCUT2D eigenvalue weighted by molar-refractivity contribution is 0.0960. The van der Waals surface area contributed by atoms with Gasteiger partial charge in [-0.3, -0.25) is 4.90 Å². The van der Waals surface area contributed by atoms with Gasteiger partial charge in [-0.25, -0.2) is 4.98 Å². The monoisotopic (exact) mass is 332 g/mol. The predicted octanol–water partition coefficient (Wildman–Crippen LogP) is 3.25. The van der Waals surface area contributed by atoms with Gasteiger partial charge in [-0.2, -0.15) is 5.26 Å². The third-order valence-electron chi connectivity index (χ3n) is 4.70. The topological polar surface area (TPSA) is 53.6 Å². The highest BCUT2D eigenvalue weighted by atomic mass is 16.5. The van der Waals surface area contributed by atoms with E-state index < -0.39 is 0 Å². The minimum absolute atomic E-state index is 0.242. The quantitative estimate of drug-likeness (QED) is 0.736. The van der Waals surface area contributed by atoms with E-state index in [4.69, 9.17) is 10.00 Å². The summed E-state index contributed by atoms with van der Waals surface area (Å²) in [6, 6.07) is 15.6. The fourth-order valence-corrected chi connectivity index (χ4v) is 3.32. The van der Waals surface area contributed by atoms with Gasteiger partial charge >= 0.3 is 0 Å². The Morgan fingerprint density at radius 2 is 1.92 bits per heavy atom. The largest absolute Gasteiger partial charge is 0.490 e. The highest BCUT2D eigenvalue weighted by Gasteiger charge is 2.21. The first-order chi connectivity index (χ1) is 12.3. The Kier molecular flexibility index (Phi) is 4.36. The number of rotatable bonds is 4. The van der Waals surface area contributed by atoms with Crippen molar-refractivity contribution >= 4 is 5.65 Å². The Hall–Kier alpha value is -2.84. The summed E-state index contributed by atoms with van der Waals surface area (Å²) in [6.07, 6.45) is 6.30. The minimum Gasteiger partial charge on any atom is -0.490 e. The Morgan fingerprint density at radius 3 is 2.68 bits per heavy atom. The molecule has 0 spiro atoms. The molecule has 0 aliphatic carbocycles. The molecule has 0 saturated carbocycles. The van der Waals surface area contributed by atoms with Crippen LogP contribution in [0.1, 0.15) is 24.1 Å². The second-order valence-corrected chi connectivity index (χ2v) is 6.41. The second-order valence-electron chi connectivity index (χ2n) is 6.41. The summed E-state index contributed by atoms with van der Waals surface area (Å²) in [5.74, 6) is 0.847. The van der Waals surface area contributed by atoms with Crippen molar-refractivity contribution in [2.45, 2.75) is 25.5 Å². The highest BCUT2D eigenvalue weighted by molar-refractivity contribution is 5.39. The van der Waals surface area contributed by atoms with Crippen LogP contribution in [0.5, 0.6) is 5.75 Å². The van der Waals surface area contributed by atoms with Gasteiger partial charge in [0.05, 0.1) is 23.5 Å². The van der Waals surface area contributed by atoms with Crippen LogP contribution in [-0.2, 0) is 6.54 Å². The number of imidazole rings is 1. The van der Waals surface area contributed by atoms with Crippen LogP contribution in [-0.4, -0.2) is 33.5 Å². The Labute approximate surface area is 147 Å². The molecule has 0 N–H and O–H groups in total. The lowest BCUT2D eigenvalue weighted by Crippen LogP contribution is -2.38. The number of benzene rings is 1. The predicted molar refractivity (Wildman–Crippen MR) is 95.3 cm³/mol. The molecule has 5 nitrogen and oxygen atoms in total. The molecule has 25 heavy (non-hydrogen) atoms. The van der Waals surface area contributed by atoms with Gasteiger partial charge in [0.1, 0.15) is 17.5 Å². The molecule has 5 heteroatoms. The van der Waals surface area contributed by atoms with Crippen LogP contribution in [0.25, 0.3) is 5.65 Å². The van der Waals surface area contributed by atoms with Gasteiger partial charge in [0.15, 0.2) is 0 Å². The SMILES string of the molecule is N#Cc1ccc(OC2CCN(Cc3cnc4ccccn34)CC2)cc1. The highest BCUT2D eigenvalue weighted by Crippen LogP contribution is 2.21. The molecule has 0 radical (unpaired) electrons. The Bertz CT molecular complexity index is 886. The number of aromatic nitrogens is 2. The van der Waals surface area contributed by atoms with Gasteiger partial charge in [-0.05, 0) is 49.2 Å². The van der Waals surface area contributed by atoms with Crippen LogP contribution in [0.15, 0.2) is 54.9 Å². The molecule has 1 fully saturated rings. The molecular formula is C20H20N4O. The zero-order valence-corrected chi connectivity index (χ0v) is 14.0. The van der Waals surface area contributed by atoms with E-state index in [0.29, 0.717) is 5.56 Å². The number of ether oxygens (including phenoxy) is 1. The van der Waals surface area contributed by atoms with E-state index in [1.165, 1.54) is 5.69 Å².